The summed E-state index contributed by atoms with van der Waals surface area (Å²) in [5, 5.41) is 23.0. The Morgan fingerprint density at radius 1 is 1.18 bits per heavy atom. The first-order valence-electron chi connectivity index (χ1n) is 10.8. The maximum Gasteiger partial charge on any atom is 0.274 e. The monoisotopic (exact) mass is 469 g/mol. The Balaban J connectivity index is 1.55. The molecule has 1 saturated carbocycles. The summed E-state index contributed by atoms with van der Waals surface area (Å²) in [6, 6.07) is 11.2. The van der Waals surface area contributed by atoms with Crippen LogP contribution in [0, 0.1) is 22.9 Å². The number of halogens is 1. The molecule has 0 radical (unpaired) electrons. The van der Waals surface area contributed by atoms with E-state index in [4.69, 9.17) is 0 Å². The average molecular weight is 470 g/mol. The van der Waals surface area contributed by atoms with Gasteiger partial charge in [-0.25, -0.2) is 4.39 Å². The maximum absolute atomic E-state index is 14.5. The van der Waals surface area contributed by atoms with Gasteiger partial charge < -0.3 is 5.32 Å². The minimum absolute atomic E-state index is 0.0459. The van der Waals surface area contributed by atoms with Gasteiger partial charge in [0.1, 0.15) is 5.82 Å². The van der Waals surface area contributed by atoms with E-state index in [2.05, 4.69) is 15.5 Å². The summed E-state index contributed by atoms with van der Waals surface area (Å²) >= 11 is 1.23. The van der Waals surface area contributed by atoms with Crippen molar-refractivity contribution in [3.05, 3.63) is 64.0 Å². The van der Waals surface area contributed by atoms with Crippen molar-refractivity contribution in [2.24, 2.45) is 0 Å². The third-order valence-electron chi connectivity index (χ3n) is 5.83. The molecule has 0 aliphatic heterocycles. The van der Waals surface area contributed by atoms with Gasteiger partial charge in [0.05, 0.1) is 27.5 Å². The molecule has 0 atom stereocenters. The molecule has 1 N–H and O–H groups in total. The first-order chi connectivity index (χ1) is 16.0. The number of benzene rings is 2. The summed E-state index contributed by atoms with van der Waals surface area (Å²) in [5.41, 5.74) is 1.13. The number of hydrogen-bond acceptors (Lipinski definition) is 6. The highest BCUT2D eigenvalue weighted by Gasteiger charge is 2.25. The van der Waals surface area contributed by atoms with Gasteiger partial charge in [-0.3, -0.25) is 19.5 Å². The van der Waals surface area contributed by atoms with Crippen molar-refractivity contribution >= 4 is 29.0 Å². The number of nitro groups is 1. The van der Waals surface area contributed by atoms with Gasteiger partial charge in [0.15, 0.2) is 11.0 Å². The molecule has 1 fully saturated rings. The summed E-state index contributed by atoms with van der Waals surface area (Å²) in [4.78, 5) is 23.3. The third kappa shape index (κ3) is 5.05. The zero-order valence-corrected chi connectivity index (χ0v) is 19.0. The van der Waals surface area contributed by atoms with Crippen molar-refractivity contribution in [3.8, 4) is 11.4 Å². The Morgan fingerprint density at radius 2 is 1.94 bits per heavy atom. The SMILES string of the molecule is Cc1c(NC(=O)CSc2nnc(-c3ccccc3F)n2C2CCCCC2)cccc1[N+](=O)[O-]. The minimum Gasteiger partial charge on any atom is -0.325 e. The van der Waals surface area contributed by atoms with Gasteiger partial charge in [0, 0.05) is 12.1 Å². The second-order valence-corrected chi connectivity index (χ2v) is 8.93. The molecule has 0 saturated heterocycles. The molecule has 172 valence electrons. The van der Waals surface area contributed by atoms with Crippen molar-refractivity contribution in [2.45, 2.75) is 50.2 Å². The van der Waals surface area contributed by atoms with Gasteiger partial charge in [-0.2, -0.15) is 0 Å². The van der Waals surface area contributed by atoms with Crippen molar-refractivity contribution in [2.75, 3.05) is 11.1 Å². The quantitative estimate of drug-likeness (QED) is 0.277. The molecule has 4 rings (SSSR count). The van der Waals surface area contributed by atoms with Crippen LogP contribution in [0.15, 0.2) is 47.6 Å². The molecule has 8 nitrogen and oxygen atoms in total. The number of nitrogens with zero attached hydrogens (tertiary/aromatic N) is 4. The van der Waals surface area contributed by atoms with Crippen LogP contribution in [0.4, 0.5) is 15.8 Å². The summed E-state index contributed by atoms with van der Waals surface area (Å²) in [6.45, 7) is 1.60. The zero-order valence-electron chi connectivity index (χ0n) is 18.2. The number of amides is 1. The molecule has 1 aliphatic carbocycles. The van der Waals surface area contributed by atoms with E-state index in [0.29, 0.717) is 27.8 Å². The number of carbonyl (C=O) groups excluding carboxylic acids is 1. The number of hydrogen-bond donors (Lipinski definition) is 1. The van der Waals surface area contributed by atoms with Crippen LogP contribution in [-0.4, -0.2) is 31.3 Å². The second-order valence-electron chi connectivity index (χ2n) is 7.99. The first-order valence-corrected chi connectivity index (χ1v) is 11.8. The fourth-order valence-electron chi connectivity index (χ4n) is 4.14. The van der Waals surface area contributed by atoms with E-state index in [1.165, 1.54) is 36.4 Å². The fraction of sp³-hybridized carbons (Fsp3) is 0.348. The van der Waals surface area contributed by atoms with Gasteiger partial charge in [0.2, 0.25) is 5.91 Å². The molecule has 2 aromatic carbocycles. The van der Waals surface area contributed by atoms with Crippen LogP contribution >= 0.6 is 11.8 Å². The van der Waals surface area contributed by atoms with Crippen LogP contribution in [0.5, 0.6) is 0 Å². The molecule has 33 heavy (non-hydrogen) atoms. The minimum atomic E-state index is -0.476. The summed E-state index contributed by atoms with van der Waals surface area (Å²) in [6.07, 6.45) is 5.23. The molecule has 10 heteroatoms. The van der Waals surface area contributed by atoms with Crippen molar-refractivity contribution in [1.82, 2.24) is 14.8 Å². The number of anilines is 1. The van der Waals surface area contributed by atoms with E-state index < -0.39 is 4.92 Å². The normalized spacial score (nSPS) is 14.2. The highest BCUT2D eigenvalue weighted by atomic mass is 32.2. The van der Waals surface area contributed by atoms with Crippen molar-refractivity contribution in [1.29, 1.82) is 0 Å². The lowest BCUT2D eigenvalue weighted by atomic mass is 9.95. The molecule has 0 unspecified atom stereocenters. The van der Waals surface area contributed by atoms with E-state index >= 15 is 0 Å². The number of nitro benzene ring substituents is 1. The van der Waals surface area contributed by atoms with E-state index in [1.54, 1.807) is 31.2 Å². The zero-order chi connectivity index (χ0) is 23.4. The highest BCUT2D eigenvalue weighted by molar-refractivity contribution is 7.99. The van der Waals surface area contributed by atoms with Gasteiger partial charge in [-0.15, -0.1) is 10.2 Å². The largest absolute Gasteiger partial charge is 0.325 e. The molecule has 1 aromatic heterocycles. The van der Waals surface area contributed by atoms with Crippen LogP contribution in [0.2, 0.25) is 0 Å². The molecule has 1 aliphatic rings. The summed E-state index contributed by atoms with van der Waals surface area (Å²) < 4.78 is 16.5. The van der Waals surface area contributed by atoms with Gasteiger partial charge in [0.25, 0.3) is 5.69 Å². The molecular formula is C23H24FN5O3S. The van der Waals surface area contributed by atoms with Crippen LogP contribution in [0.25, 0.3) is 11.4 Å². The molecule has 1 heterocycles. The summed E-state index contributed by atoms with van der Waals surface area (Å²) in [5.74, 6) is -0.159. The Hall–Kier alpha value is -3.27. The third-order valence-corrected chi connectivity index (χ3v) is 6.77. The predicted molar refractivity (Wildman–Crippen MR) is 125 cm³/mol. The highest BCUT2D eigenvalue weighted by Crippen LogP contribution is 2.36. The number of thioether (sulfide) groups is 1. The predicted octanol–water partition coefficient (Wildman–Crippen LogP) is 5.54. The Labute approximate surface area is 194 Å². The Bertz CT molecular complexity index is 1180. The van der Waals surface area contributed by atoms with Crippen molar-refractivity contribution in [3.63, 3.8) is 0 Å². The smallest absolute Gasteiger partial charge is 0.274 e. The lowest BCUT2D eigenvalue weighted by Gasteiger charge is -2.25. The van der Waals surface area contributed by atoms with E-state index in [1.807, 2.05) is 4.57 Å². The van der Waals surface area contributed by atoms with Crippen LogP contribution in [0.1, 0.15) is 43.7 Å². The topological polar surface area (TPSA) is 103 Å². The Kier molecular flexibility index (Phi) is 7.02. The second kappa shape index (κ2) is 10.1. The molecule has 1 amide bonds. The van der Waals surface area contributed by atoms with Gasteiger partial charge in [-0.05, 0) is 38.0 Å². The molecule has 0 bridgehead atoms. The molecule has 0 spiro atoms. The standard InChI is InChI=1S/C23H24FN5O3S/c1-15-19(12-7-13-20(15)29(31)32)25-21(30)14-33-23-27-26-22(17-10-5-6-11-18(17)24)28(23)16-8-3-2-4-9-16/h5-7,10-13,16H,2-4,8-9,14H2,1H3,(H,25,30). The first kappa shape index (κ1) is 22.9. The number of aromatic nitrogens is 3. The van der Waals surface area contributed by atoms with E-state index in [0.717, 1.165) is 25.7 Å². The molecular weight excluding hydrogens is 445 g/mol. The summed E-state index contributed by atoms with van der Waals surface area (Å²) in [7, 11) is 0. The fourth-order valence-corrected chi connectivity index (χ4v) is 4.95. The molecule has 3 aromatic rings. The number of rotatable bonds is 7. The maximum atomic E-state index is 14.5. The lowest BCUT2D eigenvalue weighted by molar-refractivity contribution is -0.385. The number of nitrogens with one attached hydrogen (secondary N) is 1. The van der Waals surface area contributed by atoms with Gasteiger partial charge >= 0.3 is 0 Å². The van der Waals surface area contributed by atoms with E-state index in [9.17, 15) is 19.3 Å². The van der Waals surface area contributed by atoms with E-state index in [-0.39, 0.29) is 29.2 Å². The lowest BCUT2D eigenvalue weighted by Crippen LogP contribution is -2.18. The Morgan fingerprint density at radius 3 is 2.67 bits per heavy atom. The number of carbonyl (C=O) groups is 1. The van der Waals surface area contributed by atoms with Gasteiger partial charge in [-0.1, -0.05) is 49.2 Å². The van der Waals surface area contributed by atoms with Crippen molar-refractivity contribution < 1.29 is 14.1 Å². The van der Waals surface area contributed by atoms with Crippen LogP contribution in [0.3, 0.4) is 0 Å². The van der Waals surface area contributed by atoms with Crippen LogP contribution in [-0.2, 0) is 4.79 Å². The van der Waals surface area contributed by atoms with Crippen LogP contribution < -0.4 is 5.32 Å². The average Bonchev–Trinajstić information content (AvgIpc) is 3.23.